The molecule has 178 valence electrons. The predicted octanol–water partition coefficient (Wildman–Crippen LogP) is 6.49. The van der Waals surface area contributed by atoms with Gasteiger partial charge in [0.2, 0.25) is 0 Å². The number of rotatable bonds is 4. The maximum Gasteiger partial charge on any atom is 0.416 e. The number of benzene rings is 2. The fourth-order valence-electron chi connectivity index (χ4n) is 3.36. The van der Waals surface area contributed by atoms with Crippen molar-refractivity contribution in [2.24, 2.45) is 0 Å². The minimum absolute atomic E-state index is 0.0672. The maximum atomic E-state index is 13.0. The molecular formula is C25H28F3NO3S. The molecule has 0 saturated carbocycles. The Morgan fingerprint density at radius 3 is 1.94 bits per heavy atom. The van der Waals surface area contributed by atoms with E-state index in [9.17, 15) is 32.0 Å². The van der Waals surface area contributed by atoms with Gasteiger partial charge >= 0.3 is 6.18 Å². The smallest absolute Gasteiger partial charge is 0.416 e. The molecule has 0 amide bonds. The lowest BCUT2D eigenvalue weighted by atomic mass is 9.78. The van der Waals surface area contributed by atoms with Crippen LogP contribution in [0.1, 0.15) is 69.4 Å². The first kappa shape index (κ1) is 26.5. The highest BCUT2D eigenvalue weighted by Gasteiger charge is 2.31. The van der Waals surface area contributed by atoms with E-state index in [1.807, 2.05) is 41.5 Å². The third kappa shape index (κ3) is 6.38. The fraction of sp³-hybridized carbons (Fsp3) is 0.400. The van der Waals surface area contributed by atoms with Crippen LogP contribution in [0.3, 0.4) is 0 Å². The number of nitrogens with zero attached hydrogens (tertiary/aromatic N) is 1. The number of halogens is 3. The molecule has 0 spiro atoms. The molecule has 0 bridgehead atoms. The zero-order valence-electron chi connectivity index (χ0n) is 19.5. The van der Waals surface area contributed by atoms with E-state index in [1.165, 1.54) is 12.1 Å². The summed E-state index contributed by atoms with van der Waals surface area (Å²) in [6.45, 7) is 11.4. The molecule has 0 aliphatic rings. The number of nitriles is 1. The lowest BCUT2D eigenvalue weighted by Crippen LogP contribution is -2.17. The standard InChI is InChI=1S/C25H28F3NO3S/c1-23(2,3)20-12-17(13-21(22(20)30)24(4,5)6)11-19(14-29)33(31,32)15-16-8-7-9-18(10-16)25(26,27)28/h7-13,30H,15H2,1-6H3. The van der Waals surface area contributed by atoms with Gasteiger partial charge in [-0.05, 0) is 46.2 Å². The van der Waals surface area contributed by atoms with Crippen molar-refractivity contribution in [3.8, 4) is 11.8 Å². The van der Waals surface area contributed by atoms with Crippen LogP contribution < -0.4 is 0 Å². The second kappa shape index (κ2) is 8.86. The second-order valence-electron chi connectivity index (χ2n) is 10.0. The van der Waals surface area contributed by atoms with Gasteiger partial charge in [0.1, 0.15) is 16.7 Å². The van der Waals surface area contributed by atoms with Crippen LogP contribution in [0.15, 0.2) is 41.3 Å². The highest BCUT2D eigenvalue weighted by molar-refractivity contribution is 7.95. The van der Waals surface area contributed by atoms with Gasteiger partial charge in [-0.25, -0.2) is 8.42 Å². The molecule has 0 unspecified atom stereocenters. The average Bonchev–Trinajstić information content (AvgIpc) is 2.64. The van der Waals surface area contributed by atoms with Gasteiger partial charge in [0.15, 0.2) is 9.84 Å². The van der Waals surface area contributed by atoms with Crippen molar-refractivity contribution < 1.29 is 26.7 Å². The molecular weight excluding hydrogens is 451 g/mol. The zero-order chi connectivity index (χ0) is 25.4. The van der Waals surface area contributed by atoms with Crippen molar-refractivity contribution in [3.63, 3.8) is 0 Å². The fourth-order valence-corrected chi connectivity index (χ4v) is 4.59. The highest BCUT2D eigenvalue weighted by Crippen LogP contribution is 2.40. The van der Waals surface area contributed by atoms with Gasteiger partial charge < -0.3 is 5.11 Å². The molecule has 33 heavy (non-hydrogen) atoms. The number of hydrogen-bond acceptors (Lipinski definition) is 4. The molecule has 0 aliphatic carbocycles. The Hall–Kier alpha value is -2.79. The Labute approximate surface area is 193 Å². The van der Waals surface area contributed by atoms with E-state index in [2.05, 4.69) is 0 Å². The monoisotopic (exact) mass is 479 g/mol. The van der Waals surface area contributed by atoms with Crippen molar-refractivity contribution in [2.45, 2.75) is 64.3 Å². The number of phenols is 1. The summed E-state index contributed by atoms with van der Waals surface area (Å²) in [5.41, 5.74) is -0.354. The molecule has 4 nitrogen and oxygen atoms in total. The SMILES string of the molecule is CC(C)(C)c1cc(C=C(C#N)S(=O)(=O)Cc2cccc(C(F)(F)F)c2)cc(C(C)(C)C)c1O. The number of alkyl halides is 3. The third-order valence-corrected chi connectivity index (χ3v) is 6.69. The van der Waals surface area contributed by atoms with Crippen LogP contribution in [0.25, 0.3) is 6.08 Å². The molecule has 1 N–H and O–H groups in total. The van der Waals surface area contributed by atoms with E-state index < -0.39 is 43.1 Å². The first-order valence-electron chi connectivity index (χ1n) is 10.2. The van der Waals surface area contributed by atoms with E-state index in [1.54, 1.807) is 18.2 Å². The van der Waals surface area contributed by atoms with Crippen LogP contribution in [0.4, 0.5) is 13.2 Å². The number of phenolic OH excluding ortho intramolecular Hbond substituents is 1. The molecule has 0 heterocycles. The summed E-state index contributed by atoms with van der Waals surface area (Å²) in [7, 11) is -4.22. The van der Waals surface area contributed by atoms with Crippen LogP contribution in [-0.2, 0) is 32.6 Å². The Balaban J connectivity index is 2.60. The lowest BCUT2D eigenvalue weighted by molar-refractivity contribution is -0.137. The summed E-state index contributed by atoms with van der Waals surface area (Å²) in [5.74, 6) is -0.635. The lowest BCUT2D eigenvalue weighted by Gasteiger charge is -2.28. The van der Waals surface area contributed by atoms with Crippen molar-refractivity contribution in [1.29, 1.82) is 5.26 Å². The Morgan fingerprint density at radius 2 is 1.52 bits per heavy atom. The Kier molecular flexibility index (Phi) is 7.11. The molecule has 0 aliphatic heterocycles. The molecule has 0 saturated heterocycles. The maximum absolute atomic E-state index is 13.0. The van der Waals surface area contributed by atoms with Crippen molar-refractivity contribution in [1.82, 2.24) is 0 Å². The molecule has 2 rings (SSSR count). The van der Waals surface area contributed by atoms with Crippen molar-refractivity contribution in [3.05, 3.63) is 69.1 Å². The first-order chi connectivity index (χ1) is 14.9. The van der Waals surface area contributed by atoms with Crippen LogP contribution in [-0.4, -0.2) is 13.5 Å². The summed E-state index contributed by atoms with van der Waals surface area (Å²) < 4.78 is 64.8. The molecule has 0 radical (unpaired) electrons. The van der Waals surface area contributed by atoms with Gasteiger partial charge in [0.25, 0.3) is 0 Å². The topological polar surface area (TPSA) is 78.2 Å². The summed E-state index contributed by atoms with van der Waals surface area (Å²) in [5, 5.41) is 20.4. The molecule has 0 fully saturated rings. The summed E-state index contributed by atoms with van der Waals surface area (Å²) in [6.07, 6.45) is -3.40. The number of allylic oxidation sites excluding steroid dienone is 1. The first-order valence-corrected chi connectivity index (χ1v) is 11.9. The van der Waals surface area contributed by atoms with Gasteiger partial charge in [0, 0.05) is 11.1 Å². The third-order valence-electron chi connectivity index (χ3n) is 5.10. The minimum atomic E-state index is -4.60. The van der Waals surface area contributed by atoms with E-state index in [4.69, 9.17) is 0 Å². The summed E-state index contributed by atoms with van der Waals surface area (Å²) >= 11 is 0. The normalized spacial score (nSPS) is 13.6. The second-order valence-corrected chi connectivity index (χ2v) is 12.0. The van der Waals surface area contributed by atoms with E-state index in [0.29, 0.717) is 16.7 Å². The van der Waals surface area contributed by atoms with E-state index in [0.717, 1.165) is 18.2 Å². The number of sulfone groups is 1. The summed E-state index contributed by atoms with van der Waals surface area (Å²) in [4.78, 5) is -0.565. The Morgan fingerprint density at radius 1 is 1.00 bits per heavy atom. The van der Waals surface area contributed by atoms with Crippen molar-refractivity contribution in [2.75, 3.05) is 0 Å². The molecule has 2 aromatic rings. The van der Waals surface area contributed by atoms with Gasteiger partial charge in [0.05, 0.1) is 11.3 Å². The van der Waals surface area contributed by atoms with Crippen molar-refractivity contribution >= 4 is 15.9 Å². The molecule has 8 heteroatoms. The van der Waals surface area contributed by atoms with Gasteiger partial charge in [-0.1, -0.05) is 59.7 Å². The zero-order valence-corrected chi connectivity index (χ0v) is 20.3. The number of aromatic hydroxyl groups is 1. The molecule has 0 atom stereocenters. The minimum Gasteiger partial charge on any atom is -0.507 e. The molecule has 0 aromatic heterocycles. The van der Waals surface area contributed by atoms with Gasteiger partial charge in [-0.3, -0.25) is 0 Å². The average molecular weight is 480 g/mol. The van der Waals surface area contributed by atoms with Gasteiger partial charge in [-0.2, -0.15) is 18.4 Å². The predicted molar refractivity (Wildman–Crippen MR) is 123 cm³/mol. The van der Waals surface area contributed by atoms with Crippen LogP contribution in [0.5, 0.6) is 5.75 Å². The molecule has 2 aromatic carbocycles. The Bertz CT molecular complexity index is 1190. The van der Waals surface area contributed by atoms with Crippen LogP contribution in [0, 0.1) is 11.3 Å². The summed E-state index contributed by atoms with van der Waals surface area (Å²) in [6, 6.07) is 8.96. The van der Waals surface area contributed by atoms with E-state index >= 15 is 0 Å². The highest BCUT2D eigenvalue weighted by atomic mass is 32.2. The number of hydrogen-bond donors (Lipinski definition) is 1. The van der Waals surface area contributed by atoms with E-state index in [-0.39, 0.29) is 11.3 Å². The largest absolute Gasteiger partial charge is 0.507 e. The quantitative estimate of drug-likeness (QED) is 0.509. The van der Waals surface area contributed by atoms with Crippen LogP contribution >= 0.6 is 0 Å². The van der Waals surface area contributed by atoms with Crippen LogP contribution in [0.2, 0.25) is 0 Å². The van der Waals surface area contributed by atoms with Gasteiger partial charge in [-0.15, -0.1) is 0 Å².